The van der Waals surface area contributed by atoms with Crippen LogP contribution in [0, 0.1) is 0 Å². The summed E-state index contributed by atoms with van der Waals surface area (Å²) in [5.41, 5.74) is 6.55. The van der Waals surface area contributed by atoms with Gasteiger partial charge in [-0.25, -0.2) is 0 Å². The van der Waals surface area contributed by atoms with Gasteiger partial charge in [-0.05, 0) is 53.3 Å². The number of anilines is 1. The molecule has 0 amide bonds. The van der Waals surface area contributed by atoms with Crippen molar-refractivity contribution in [1.82, 2.24) is 0 Å². The third kappa shape index (κ3) is 2.83. The summed E-state index contributed by atoms with van der Waals surface area (Å²) in [6.45, 7) is 8.42. The van der Waals surface area contributed by atoms with Crippen molar-refractivity contribution in [3.63, 3.8) is 0 Å². The van der Waals surface area contributed by atoms with Crippen molar-refractivity contribution in [3.05, 3.63) is 47.5 Å². The monoisotopic (exact) mass is 295 g/mol. The van der Waals surface area contributed by atoms with Gasteiger partial charge in [0.05, 0.1) is 6.61 Å². The molecule has 0 radical (unpaired) electrons. The molecule has 116 valence electrons. The van der Waals surface area contributed by atoms with Crippen LogP contribution in [0.15, 0.2) is 36.4 Å². The molecule has 1 N–H and O–H groups in total. The van der Waals surface area contributed by atoms with E-state index in [2.05, 4.69) is 62.5 Å². The minimum Gasteiger partial charge on any atom is -0.493 e. The van der Waals surface area contributed by atoms with Gasteiger partial charge in [-0.15, -0.1) is 0 Å². The van der Waals surface area contributed by atoms with Gasteiger partial charge in [0.1, 0.15) is 5.75 Å². The first-order chi connectivity index (χ1) is 10.7. The molecule has 0 saturated heterocycles. The summed E-state index contributed by atoms with van der Waals surface area (Å²) in [6, 6.07) is 13.3. The van der Waals surface area contributed by atoms with Crippen molar-refractivity contribution in [2.75, 3.05) is 18.5 Å². The first kappa shape index (κ1) is 15.0. The van der Waals surface area contributed by atoms with Crippen molar-refractivity contribution in [2.45, 2.75) is 39.5 Å². The Hall–Kier alpha value is -1.96. The van der Waals surface area contributed by atoms with Crippen molar-refractivity contribution in [2.24, 2.45) is 0 Å². The molecule has 1 heterocycles. The third-order valence-corrected chi connectivity index (χ3v) is 4.42. The highest BCUT2D eigenvalue weighted by atomic mass is 16.5. The molecule has 0 aliphatic carbocycles. The number of hydrogen-bond acceptors (Lipinski definition) is 2. The lowest BCUT2D eigenvalue weighted by molar-refractivity contribution is 0.314. The minimum absolute atomic E-state index is 0.611. The zero-order chi connectivity index (χ0) is 15.5. The smallest absolute Gasteiger partial charge is 0.122 e. The third-order valence-electron chi connectivity index (χ3n) is 4.42. The van der Waals surface area contributed by atoms with E-state index in [1.54, 1.807) is 0 Å². The largest absolute Gasteiger partial charge is 0.493 e. The molecule has 0 bridgehead atoms. The number of benzene rings is 2. The zero-order valence-corrected chi connectivity index (χ0v) is 13.8. The van der Waals surface area contributed by atoms with Gasteiger partial charge in [-0.3, -0.25) is 0 Å². The Balaban J connectivity index is 1.92. The maximum absolute atomic E-state index is 5.84. The first-order valence-corrected chi connectivity index (χ1v) is 8.36. The van der Waals surface area contributed by atoms with E-state index in [0.717, 1.165) is 31.7 Å². The average molecular weight is 295 g/mol. The predicted octanol–water partition coefficient (Wildman–Crippen LogP) is 5.23. The molecule has 1 aliphatic rings. The molecule has 0 aromatic heterocycles. The van der Waals surface area contributed by atoms with E-state index in [1.807, 2.05) is 0 Å². The molecular weight excluding hydrogens is 270 g/mol. The SMILES string of the molecule is CCCOc1ccc(-c2ccc3c(c2)NCC3C)cc1CC. The van der Waals surface area contributed by atoms with Gasteiger partial charge in [0.15, 0.2) is 0 Å². The Morgan fingerprint density at radius 3 is 2.64 bits per heavy atom. The topological polar surface area (TPSA) is 21.3 Å². The average Bonchev–Trinajstić information content (AvgIpc) is 2.93. The highest BCUT2D eigenvalue weighted by Crippen LogP contribution is 2.35. The van der Waals surface area contributed by atoms with E-state index in [4.69, 9.17) is 4.74 Å². The lowest BCUT2D eigenvalue weighted by atomic mass is 9.97. The van der Waals surface area contributed by atoms with Gasteiger partial charge in [-0.1, -0.05) is 39.0 Å². The molecule has 22 heavy (non-hydrogen) atoms. The van der Waals surface area contributed by atoms with E-state index in [0.29, 0.717) is 5.92 Å². The Morgan fingerprint density at radius 1 is 1.09 bits per heavy atom. The summed E-state index contributed by atoms with van der Waals surface area (Å²) in [5, 5.41) is 3.50. The van der Waals surface area contributed by atoms with Crippen molar-refractivity contribution in [3.8, 4) is 16.9 Å². The lowest BCUT2D eigenvalue weighted by Gasteiger charge is -2.12. The molecule has 1 aliphatic heterocycles. The quantitative estimate of drug-likeness (QED) is 0.815. The van der Waals surface area contributed by atoms with Crippen LogP contribution in [0.4, 0.5) is 5.69 Å². The molecule has 2 nitrogen and oxygen atoms in total. The maximum atomic E-state index is 5.84. The molecule has 0 fully saturated rings. The van der Waals surface area contributed by atoms with Gasteiger partial charge in [0, 0.05) is 18.2 Å². The summed E-state index contributed by atoms with van der Waals surface area (Å²) in [7, 11) is 0. The molecule has 2 heteroatoms. The van der Waals surface area contributed by atoms with Crippen LogP contribution in [0.3, 0.4) is 0 Å². The normalized spacial score (nSPS) is 16.2. The van der Waals surface area contributed by atoms with Crippen LogP contribution < -0.4 is 10.1 Å². The Kier molecular flexibility index (Phi) is 4.37. The summed E-state index contributed by atoms with van der Waals surface area (Å²) < 4.78 is 5.84. The first-order valence-electron chi connectivity index (χ1n) is 8.36. The minimum atomic E-state index is 0.611. The van der Waals surface area contributed by atoms with Crippen LogP contribution >= 0.6 is 0 Å². The molecule has 2 aromatic rings. The number of nitrogens with one attached hydrogen (secondary N) is 1. The molecule has 3 rings (SSSR count). The second-order valence-electron chi connectivity index (χ2n) is 6.11. The van der Waals surface area contributed by atoms with Crippen LogP contribution in [0.25, 0.3) is 11.1 Å². The highest BCUT2D eigenvalue weighted by Gasteiger charge is 2.18. The molecular formula is C20H25NO. The number of ether oxygens (including phenoxy) is 1. The Bertz CT molecular complexity index is 663. The van der Waals surface area contributed by atoms with Crippen LogP contribution in [-0.4, -0.2) is 13.2 Å². The van der Waals surface area contributed by atoms with E-state index in [9.17, 15) is 0 Å². The standard InChI is InChI=1S/C20H25NO/c1-4-10-22-20-9-7-16(11-15(20)5-2)17-6-8-18-14(3)13-21-19(18)12-17/h6-9,11-12,14,21H,4-5,10,13H2,1-3H3. The van der Waals surface area contributed by atoms with Gasteiger partial charge < -0.3 is 10.1 Å². The van der Waals surface area contributed by atoms with E-state index >= 15 is 0 Å². The van der Waals surface area contributed by atoms with Gasteiger partial charge in [0.25, 0.3) is 0 Å². The Labute approximate surface area is 133 Å². The van der Waals surface area contributed by atoms with Gasteiger partial charge in [0.2, 0.25) is 0 Å². The van der Waals surface area contributed by atoms with Crippen LogP contribution in [0.5, 0.6) is 5.75 Å². The van der Waals surface area contributed by atoms with E-state index in [1.165, 1.54) is 27.9 Å². The van der Waals surface area contributed by atoms with Gasteiger partial charge in [-0.2, -0.15) is 0 Å². The number of rotatable bonds is 5. The van der Waals surface area contributed by atoms with Crippen molar-refractivity contribution in [1.29, 1.82) is 0 Å². The predicted molar refractivity (Wildman–Crippen MR) is 93.9 cm³/mol. The van der Waals surface area contributed by atoms with E-state index in [-0.39, 0.29) is 0 Å². The molecule has 2 aromatic carbocycles. The summed E-state index contributed by atoms with van der Waals surface area (Å²) in [5.74, 6) is 1.64. The van der Waals surface area contributed by atoms with E-state index < -0.39 is 0 Å². The number of hydrogen-bond donors (Lipinski definition) is 1. The second kappa shape index (κ2) is 6.43. The van der Waals surface area contributed by atoms with Crippen molar-refractivity contribution >= 4 is 5.69 Å². The maximum Gasteiger partial charge on any atom is 0.122 e. The zero-order valence-electron chi connectivity index (χ0n) is 13.8. The van der Waals surface area contributed by atoms with Crippen LogP contribution in [0.2, 0.25) is 0 Å². The molecule has 1 unspecified atom stereocenters. The fourth-order valence-electron chi connectivity index (χ4n) is 3.08. The van der Waals surface area contributed by atoms with Crippen LogP contribution in [0.1, 0.15) is 44.2 Å². The second-order valence-corrected chi connectivity index (χ2v) is 6.11. The number of fused-ring (bicyclic) bond motifs is 1. The summed E-state index contributed by atoms with van der Waals surface area (Å²) in [6.07, 6.45) is 2.03. The highest BCUT2D eigenvalue weighted by molar-refractivity contribution is 5.73. The molecule has 1 atom stereocenters. The fraction of sp³-hybridized carbons (Fsp3) is 0.400. The molecule has 0 saturated carbocycles. The van der Waals surface area contributed by atoms with Gasteiger partial charge >= 0.3 is 0 Å². The molecule has 0 spiro atoms. The number of aryl methyl sites for hydroxylation is 1. The van der Waals surface area contributed by atoms with Crippen molar-refractivity contribution < 1.29 is 4.74 Å². The summed E-state index contributed by atoms with van der Waals surface area (Å²) >= 11 is 0. The fourth-order valence-corrected chi connectivity index (χ4v) is 3.08. The lowest BCUT2D eigenvalue weighted by Crippen LogP contribution is -1.98. The van der Waals surface area contributed by atoms with Crippen LogP contribution in [-0.2, 0) is 6.42 Å². The Morgan fingerprint density at radius 2 is 1.86 bits per heavy atom. The summed E-state index contributed by atoms with van der Waals surface area (Å²) in [4.78, 5) is 0.